The molecule has 0 saturated carbocycles. The number of rotatable bonds is 4. The molecule has 1 heterocycles. The number of benzene rings is 1. The minimum absolute atomic E-state index is 0.0938. The van der Waals surface area contributed by atoms with Crippen LogP contribution in [0.2, 0.25) is 0 Å². The predicted octanol–water partition coefficient (Wildman–Crippen LogP) is 3.17. The summed E-state index contributed by atoms with van der Waals surface area (Å²) in [4.78, 5) is 4.13. The second kappa shape index (κ2) is 5.89. The maximum Gasteiger partial charge on any atom is 0.126 e. The molecule has 0 saturated heterocycles. The highest BCUT2D eigenvalue weighted by Gasteiger charge is 2.14. The van der Waals surface area contributed by atoms with Gasteiger partial charge in [-0.1, -0.05) is 6.07 Å². The van der Waals surface area contributed by atoms with E-state index >= 15 is 0 Å². The number of halogens is 2. The number of aryl methyl sites for hydroxylation is 1. The van der Waals surface area contributed by atoms with E-state index in [2.05, 4.69) is 10.3 Å². The van der Waals surface area contributed by atoms with Crippen LogP contribution in [0.3, 0.4) is 0 Å². The molecule has 100 valence electrons. The van der Waals surface area contributed by atoms with Crippen molar-refractivity contribution in [3.05, 3.63) is 65.0 Å². The summed E-state index contributed by atoms with van der Waals surface area (Å²) in [6.45, 7) is 1.95. The highest BCUT2D eigenvalue weighted by atomic mass is 19.1. The van der Waals surface area contributed by atoms with Gasteiger partial charge in [0, 0.05) is 18.4 Å². The van der Waals surface area contributed by atoms with Gasteiger partial charge in [-0.2, -0.15) is 0 Å². The molecule has 2 aromatic rings. The zero-order valence-corrected chi connectivity index (χ0v) is 11.0. The molecule has 1 N–H and O–H groups in total. The van der Waals surface area contributed by atoms with Crippen LogP contribution in [-0.4, -0.2) is 12.0 Å². The van der Waals surface area contributed by atoms with Gasteiger partial charge in [-0.15, -0.1) is 0 Å². The maximum absolute atomic E-state index is 13.7. The summed E-state index contributed by atoms with van der Waals surface area (Å²) in [5, 5.41) is 3.11. The first-order valence-electron chi connectivity index (χ1n) is 6.13. The van der Waals surface area contributed by atoms with Crippen LogP contribution in [0.4, 0.5) is 8.78 Å². The van der Waals surface area contributed by atoms with E-state index < -0.39 is 5.82 Å². The monoisotopic (exact) mass is 262 g/mol. The van der Waals surface area contributed by atoms with Crippen LogP contribution < -0.4 is 5.32 Å². The molecule has 0 radical (unpaired) electrons. The summed E-state index contributed by atoms with van der Waals surface area (Å²) >= 11 is 0. The van der Waals surface area contributed by atoms with Gasteiger partial charge in [-0.25, -0.2) is 8.78 Å². The van der Waals surface area contributed by atoms with Gasteiger partial charge in [0.1, 0.15) is 11.6 Å². The van der Waals surface area contributed by atoms with Crippen LogP contribution in [0.5, 0.6) is 0 Å². The molecule has 1 aromatic heterocycles. The molecular formula is C15H16F2N2. The fourth-order valence-corrected chi connectivity index (χ4v) is 2.08. The van der Waals surface area contributed by atoms with Gasteiger partial charge in [-0.3, -0.25) is 4.98 Å². The number of likely N-dealkylation sites (N-methyl/N-ethyl adjacent to an activating group) is 1. The second-order valence-corrected chi connectivity index (χ2v) is 4.58. The highest BCUT2D eigenvalue weighted by molar-refractivity contribution is 5.25. The minimum Gasteiger partial charge on any atom is -0.313 e. The van der Waals surface area contributed by atoms with Gasteiger partial charge in [0.05, 0.1) is 0 Å². The van der Waals surface area contributed by atoms with Crippen LogP contribution in [-0.2, 0) is 6.42 Å². The predicted molar refractivity (Wildman–Crippen MR) is 70.8 cm³/mol. The number of nitrogens with one attached hydrogen (secondary N) is 1. The molecular weight excluding hydrogens is 246 g/mol. The minimum atomic E-state index is -0.423. The average molecular weight is 262 g/mol. The summed E-state index contributed by atoms with van der Waals surface area (Å²) < 4.78 is 26.8. The lowest BCUT2D eigenvalue weighted by atomic mass is 9.99. The molecule has 2 nitrogen and oxygen atoms in total. The molecule has 0 aliphatic rings. The van der Waals surface area contributed by atoms with Crippen molar-refractivity contribution in [2.24, 2.45) is 0 Å². The largest absolute Gasteiger partial charge is 0.313 e. The number of nitrogens with zero attached hydrogens (tertiary/aromatic N) is 1. The van der Waals surface area contributed by atoms with Crippen LogP contribution >= 0.6 is 0 Å². The van der Waals surface area contributed by atoms with Gasteiger partial charge in [0.15, 0.2) is 0 Å². The molecule has 1 aromatic carbocycles. The number of hydrogen-bond donors (Lipinski definition) is 1. The Morgan fingerprint density at radius 3 is 2.68 bits per heavy atom. The number of pyridine rings is 1. The second-order valence-electron chi connectivity index (χ2n) is 4.58. The summed E-state index contributed by atoms with van der Waals surface area (Å²) in [7, 11) is 1.80. The molecule has 0 aliphatic heterocycles. The molecule has 19 heavy (non-hydrogen) atoms. The van der Waals surface area contributed by atoms with E-state index in [1.165, 1.54) is 6.07 Å². The Morgan fingerprint density at radius 1 is 1.21 bits per heavy atom. The Kier molecular flexibility index (Phi) is 4.22. The first-order valence-corrected chi connectivity index (χ1v) is 6.13. The maximum atomic E-state index is 13.7. The number of hydrogen-bond acceptors (Lipinski definition) is 2. The van der Waals surface area contributed by atoms with Crippen molar-refractivity contribution in [1.29, 1.82) is 0 Å². The lowest BCUT2D eigenvalue weighted by Gasteiger charge is -2.17. The number of aromatic nitrogens is 1. The molecule has 1 unspecified atom stereocenters. The standard InChI is InChI=1S/C15H16F2N2/c1-10-5-12(9-19-8-10)15(18-2)7-11-6-13(16)3-4-14(11)17/h3-6,8-9,15,18H,7H2,1-2H3. The summed E-state index contributed by atoms with van der Waals surface area (Å²) in [5.74, 6) is -0.809. The third-order valence-corrected chi connectivity index (χ3v) is 3.08. The zero-order valence-electron chi connectivity index (χ0n) is 11.0. The van der Waals surface area contributed by atoms with Crippen LogP contribution in [0.15, 0.2) is 36.7 Å². The molecule has 0 aliphatic carbocycles. The van der Waals surface area contributed by atoms with E-state index in [0.29, 0.717) is 12.0 Å². The Morgan fingerprint density at radius 2 is 2.00 bits per heavy atom. The van der Waals surface area contributed by atoms with E-state index in [1.807, 2.05) is 13.0 Å². The summed E-state index contributed by atoms with van der Waals surface area (Å²) in [6.07, 6.45) is 3.88. The van der Waals surface area contributed by atoms with E-state index in [0.717, 1.165) is 23.3 Å². The molecule has 0 amide bonds. The van der Waals surface area contributed by atoms with Gasteiger partial charge in [-0.05, 0) is 55.3 Å². The molecule has 0 fully saturated rings. The third kappa shape index (κ3) is 3.35. The van der Waals surface area contributed by atoms with Crippen molar-refractivity contribution in [3.8, 4) is 0 Å². The van der Waals surface area contributed by atoms with Crippen LogP contribution in [0, 0.1) is 18.6 Å². The zero-order chi connectivity index (χ0) is 13.8. The van der Waals surface area contributed by atoms with Gasteiger partial charge < -0.3 is 5.32 Å². The smallest absolute Gasteiger partial charge is 0.126 e. The van der Waals surface area contributed by atoms with E-state index in [-0.39, 0.29) is 11.9 Å². The molecule has 0 bridgehead atoms. The van der Waals surface area contributed by atoms with Gasteiger partial charge in [0.2, 0.25) is 0 Å². The van der Waals surface area contributed by atoms with Crippen LogP contribution in [0.1, 0.15) is 22.7 Å². The normalized spacial score (nSPS) is 12.4. The van der Waals surface area contributed by atoms with Crippen molar-refractivity contribution >= 4 is 0 Å². The Hall–Kier alpha value is -1.81. The van der Waals surface area contributed by atoms with Crippen molar-refractivity contribution < 1.29 is 8.78 Å². The van der Waals surface area contributed by atoms with E-state index in [9.17, 15) is 8.78 Å². The topological polar surface area (TPSA) is 24.9 Å². The first kappa shape index (κ1) is 13.6. The van der Waals surface area contributed by atoms with Gasteiger partial charge >= 0.3 is 0 Å². The summed E-state index contributed by atoms with van der Waals surface area (Å²) in [5.41, 5.74) is 2.37. The van der Waals surface area contributed by atoms with Crippen molar-refractivity contribution in [1.82, 2.24) is 10.3 Å². The SMILES string of the molecule is CNC(Cc1cc(F)ccc1F)c1cncc(C)c1. The van der Waals surface area contributed by atoms with E-state index in [4.69, 9.17) is 0 Å². The Labute approximate surface area is 111 Å². The first-order chi connectivity index (χ1) is 9.10. The fraction of sp³-hybridized carbons (Fsp3) is 0.267. The summed E-state index contributed by atoms with van der Waals surface area (Å²) in [6, 6.07) is 5.42. The highest BCUT2D eigenvalue weighted by Crippen LogP contribution is 2.20. The van der Waals surface area contributed by atoms with Crippen molar-refractivity contribution in [2.75, 3.05) is 7.05 Å². The van der Waals surface area contributed by atoms with Crippen molar-refractivity contribution in [3.63, 3.8) is 0 Å². The third-order valence-electron chi connectivity index (χ3n) is 3.08. The van der Waals surface area contributed by atoms with E-state index in [1.54, 1.807) is 19.4 Å². The quantitative estimate of drug-likeness (QED) is 0.915. The molecule has 1 atom stereocenters. The Balaban J connectivity index is 2.26. The van der Waals surface area contributed by atoms with Gasteiger partial charge in [0.25, 0.3) is 0 Å². The fourth-order valence-electron chi connectivity index (χ4n) is 2.08. The lowest BCUT2D eigenvalue weighted by molar-refractivity contribution is 0.543. The average Bonchev–Trinajstić information content (AvgIpc) is 2.39. The Bertz CT molecular complexity index is 570. The molecule has 4 heteroatoms. The molecule has 2 rings (SSSR count). The molecule has 0 spiro atoms. The lowest BCUT2D eigenvalue weighted by Crippen LogP contribution is -2.19. The van der Waals surface area contributed by atoms with Crippen molar-refractivity contribution in [2.45, 2.75) is 19.4 Å². The van der Waals surface area contributed by atoms with Crippen LogP contribution in [0.25, 0.3) is 0 Å².